The summed E-state index contributed by atoms with van der Waals surface area (Å²) >= 11 is 0. The van der Waals surface area contributed by atoms with Gasteiger partial charge in [-0.1, -0.05) is 42.5 Å². The van der Waals surface area contributed by atoms with Crippen LogP contribution in [0, 0.1) is 5.82 Å². The summed E-state index contributed by atoms with van der Waals surface area (Å²) in [6.07, 6.45) is -0.557. The SMILES string of the molecule is O=C(OCc1ccccc1)N1C2CCCC1CC(O)(c1ccc(C(F)F)c(F)c1)C2. The Labute approximate surface area is 173 Å². The second kappa shape index (κ2) is 8.30. The third kappa shape index (κ3) is 4.03. The van der Waals surface area contributed by atoms with Gasteiger partial charge in [0.1, 0.15) is 12.4 Å². The zero-order valence-electron chi connectivity index (χ0n) is 16.4. The second-order valence-corrected chi connectivity index (χ2v) is 8.16. The van der Waals surface area contributed by atoms with Crippen molar-refractivity contribution in [3.63, 3.8) is 0 Å². The van der Waals surface area contributed by atoms with Crippen molar-refractivity contribution in [1.29, 1.82) is 0 Å². The van der Waals surface area contributed by atoms with E-state index >= 15 is 0 Å². The van der Waals surface area contributed by atoms with Gasteiger partial charge in [-0.3, -0.25) is 0 Å². The molecule has 2 bridgehead atoms. The van der Waals surface area contributed by atoms with E-state index < -0.39 is 29.5 Å². The Hall–Kier alpha value is -2.54. The number of benzene rings is 2. The molecule has 0 aromatic heterocycles. The number of carbonyl (C=O) groups is 1. The van der Waals surface area contributed by atoms with Crippen LogP contribution < -0.4 is 0 Å². The quantitative estimate of drug-likeness (QED) is 0.731. The minimum atomic E-state index is -2.91. The number of hydrogen-bond donors (Lipinski definition) is 1. The minimum absolute atomic E-state index is 0.167. The van der Waals surface area contributed by atoms with Gasteiger partial charge in [0, 0.05) is 24.9 Å². The third-order valence-electron chi connectivity index (χ3n) is 6.20. The Morgan fingerprint density at radius 3 is 2.40 bits per heavy atom. The lowest BCUT2D eigenvalue weighted by atomic mass is 9.72. The highest BCUT2D eigenvalue weighted by atomic mass is 19.3. The van der Waals surface area contributed by atoms with Crippen molar-refractivity contribution in [2.75, 3.05) is 0 Å². The molecule has 2 unspecified atom stereocenters. The van der Waals surface area contributed by atoms with E-state index in [2.05, 4.69) is 0 Å². The number of hydrogen-bond acceptors (Lipinski definition) is 3. The number of halogens is 3. The highest BCUT2D eigenvalue weighted by molar-refractivity contribution is 5.69. The lowest BCUT2D eigenvalue weighted by Crippen LogP contribution is -2.58. The van der Waals surface area contributed by atoms with E-state index in [4.69, 9.17) is 4.74 Å². The predicted molar refractivity (Wildman–Crippen MR) is 104 cm³/mol. The maximum atomic E-state index is 14.1. The third-order valence-corrected chi connectivity index (χ3v) is 6.20. The molecule has 2 aromatic carbocycles. The summed E-state index contributed by atoms with van der Waals surface area (Å²) in [5.41, 5.74) is -0.879. The van der Waals surface area contributed by atoms with E-state index in [1.165, 1.54) is 6.07 Å². The molecule has 30 heavy (non-hydrogen) atoms. The fourth-order valence-corrected chi connectivity index (χ4v) is 4.75. The van der Waals surface area contributed by atoms with Crippen molar-refractivity contribution in [2.45, 2.75) is 62.8 Å². The van der Waals surface area contributed by atoms with Gasteiger partial charge < -0.3 is 14.7 Å². The van der Waals surface area contributed by atoms with Crippen molar-refractivity contribution < 1.29 is 27.8 Å². The highest BCUT2D eigenvalue weighted by Crippen LogP contribution is 2.45. The van der Waals surface area contributed by atoms with Gasteiger partial charge in [-0.2, -0.15) is 0 Å². The van der Waals surface area contributed by atoms with Gasteiger partial charge in [0.2, 0.25) is 0 Å². The first-order chi connectivity index (χ1) is 14.4. The maximum Gasteiger partial charge on any atom is 0.410 e. The van der Waals surface area contributed by atoms with Crippen LogP contribution >= 0.6 is 0 Å². The van der Waals surface area contributed by atoms with E-state index in [1.807, 2.05) is 30.3 Å². The minimum Gasteiger partial charge on any atom is -0.445 e. The van der Waals surface area contributed by atoms with E-state index in [9.17, 15) is 23.1 Å². The van der Waals surface area contributed by atoms with Crippen LogP contribution in [-0.2, 0) is 16.9 Å². The number of nitrogens with zero attached hydrogens (tertiary/aromatic N) is 1. The number of ether oxygens (including phenoxy) is 1. The average Bonchev–Trinajstić information content (AvgIpc) is 2.72. The van der Waals surface area contributed by atoms with Crippen molar-refractivity contribution in [3.8, 4) is 0 Å². The largest absolute Gasteiger partial charge is 0.445 e. The van der Waals surface area contributed by atoms with Crippen LogP contribution in [0.25, 0.3) is 0 Å². The smallest absolute Gasteiger partial charge is 0.410 e. The van der Waals surface area contributed by atoms with E-state index in [1.54, 1.807) is 4.90 Å². The number of fused-ring (bicyclic) bond motifs is 2. The van der Waals surface area contributed by atoms with Crippen LogP contribution in [-0.4, -0.2) is 28.2 Å². The lowest BCUT2D eigenvalue weighted by molar-refractivity contribution is -0.0898. The first-order valence-electron chi connectivity index (χ1n) is 10.2. The van der Waals surface area contributed by atoms with Crippen LogP contribution in [0.5, 0.6) is 0 Å². The number of amides is 1. The van der Waals surface area contributed by atoms with Crippen molar-refractivity contribution in [2.24, 2.45) is 0 Å². The molecule has 4 rings (SSSR count). The van der Waals surface area contributed by atoms with Gasteiger partial charge in [0.25, 0.3) is 6.43 Å². The fourth-order valence-electron chi connectivity index (χ4n) is 4.75. The summed E-state index contributed by atoms with van der Waals surface area (Å²) in [6, 6.07) is 12.3. The number of alkyl halides is 2. The first kappa shape index (κ1) is 20.7. The molecule has 4 nitrogen and oxygen atoms in total. The topological polar surface area (TPSA) is 49.8 Å². The van der Waals surface area contributed by atoms with Crippen LogP contribution in [0.15, 0.2) is 48.5 Å². The van der Waals surface area contributed by atoms with E-state index in [0.717, 1.165) is 24.1 Å². The van der Waals surface area contributed by atoms with Crippen LogP contribution in [0.4, 0.5) is 18.0 Å². The molecular weight excluding hydrogens is 395 g/mol. The van der Waals surface area contributed by atoms with Crippen LogP contribution in [0.1, 0.15) is 55.2 Å². The molecular formula is C23H24F3NO3. The van der Waals surface area contributed by atoms with Gasteiger partial charge in [-0.05, 0) is 36.5 Å². The summed E-state index contributed by atoms with van der Waals surface area (Å²) < 4.78 is 45.3. The Morgan fingerprint density at radius 1 is 1.13 bits per heavy atom. The molecule has 2 aromatic rings. The molecule has 2 fully saturated rings. The van der Waals surface area contributed by atoms with Crippen LogP contribution in [0.2, 0.25) is 0 Å². The molecule has 0 aliphatic carbocycles. The van der Waals surface area contributed by atoms with Gasteiger partial charge >= 0.3 is 6.09 Å². The zero-order valence-corrected chi connectivity index (χ0v) is 16.4. The summed E-state index contributed by atoms with van der Waals surface area (Å²) in [5.74, 6) is -1.02. The monoisotopic (exact) mass is 419 g/mol. The number of piperidine rings is 2. The Morgan fingerprint density at radius 2 is 1.80 bits per heavy atom. The molecule has 160 valence electrons. The normalized spacial score (nSPS) is 26.0. The molecule has 2 aliphatic rings. The van der Waals surface area contributed by atoms with Crippen molar-refractivity contribution in [1.82, 2.24) is 4.90 Å². The Kier molecular flexibility index (Phi) is 5.73. The van der Waals surface area contributed by atoms with E-state index in [-0.39, 0.29) is 37.1 Å². The van der Waals surface area contributed by atoms with E-state index in [0.29, 0.717) is 12.8 Å². The van der Waals surface area contributed by atoms with Crippen molar-refractivity contribution >= 4 is 6.09 Å². The number of carbonyl (C=O) groups excluding carboxylic acids is 1. The standard InChI is InChI=1S/C23H24F3NO3/c24-20-11-16(9-10-19(20)21(25)26)23(29)12-17-7-4-8-18(13-23)27(17)22(28)30-14-15-5-2-1-3-6-15/h1-3,5-6,9-11,17-18,21,29H,4,7-8,12-14H2. The predicted octanol–water partition coefficient (Wildman–Crippen LogP) is 5.30. The summed E-state index contributed by atoms with van der Waals surface area (Å²) in [6.45, 7) is 0.167. The molecule has 1 N–H and O–H groups in total. The highest BCUT2D eigenvalue weighted by Gasteiger charge is 2.48. The Bertz CT molecular complexity index is 892. The lowest BCUT2D eigenvalue weighted by Gasteiger charge is -2.51. The first-order valence-corrected chi connectivity index (χ1v) is 10.2. The zero-order chi connectivity index (χ0) is 21.3. The van der Waals surface area contributed by atoms with Gasteiger partial charge in [-0.25, -0.2) is 18.0 Å². The van der Waals surface area contributed by atoms with Crippen molar-refractivity contribution in [3.05, 3.63) is 71.0 Å². The summed E-state index contributed by atoms with van der Waals surface area (Å²) in [5, 5.41) is 11.3. The van der Waals surface area contributed by atoms with Crippen LogP contribution in [0.3, 0.4) is 0 Å². The Balaban J connectivity index is 1.50. The van der Waals surface area contributed by atoms with Gasteiger partial charge in [0.05, 0.1) is 11.2 Å². The molecule has 2 atom stereocenters. The molecule has 1 amide bonds. The maximum absolute atomic E-state index is 14.1. The summed E-state index contributed by atoms with van der Waals surface area (Å²) in [4.78, 5) is 14.5. The summed E-state index contributed by atoms with van der Waals surface area (Å²) in [7, 11) is 0. The molecule has 2 saturated heterocycles. The average molecular weight is 419 g/mol. The molecule has 7 heteroatoms. The molecule has 0 spiro atoms. The molecule has 0 radical (unpaired) electrons. The van der Waals surface area contributed by atoms with Gasteiger partial charge in [0.15, 0.2) is 0 Å². The number of rotatable bonds is 4. The van der Waals surface area contributed by atoms with Gasteiger partial charge in [-0.15, -0.1) is 0 Å². The fraction of sp³-hybridized carbons (Fsp3) is 0.435. The molecule has 2 aliphatic heterocycles. The number of aliphatic hydroxyl groups is 1. The molecule has 2 heterocycles. The second-order valence-electron chi connectivity index (χ2n) is 8.16. The molecule has 0 saturated carbocycles.